The number of methoxy groups -OCH3 is 1. The Hall–Kier alpha value is -2.86. The summed E-state index contributed by atoms with van der Waals surface area (Å²) in [5.41, 5.74) is 4.55. The van der Waals surface area contributed by atoms with Gasteiger partial charge in [0.25, 0.3) is 0 Å². The van der Waals surface area contributed by atoms with E-state index in [2.05, 4.69) is 59.2 Å². The van der Waals surface area contributed by atoms with Gasteiger partial charge in [0.05, 0.1) is 25.5 Å². The third-order valence-corrected chi connectivity index (χ3v) is 6.20. The van der Waals surface area contributed by atoms with Crippen molar-refractivity contribution in [3.05, 3.63) is 95.6 Å². The Bertz CT molecular complexity index is 986. The first kappa shape index (κ1) is 23.3. The van der Waals surface area contributed by atoms with Crippen molar-refractivity contribution in [1.82, 2.24) is 4.90 Å². The predicted molar refractivity (Wildman–Crippen MR) is 133 cm³/mol. The van der Waals surface area contributed by atoms with Crippen molar-refractivity contribution in [2.75, 3.05) is 51.3 Å². The van der Waals surface area contributed by atoms with Crippen molar-refractivity contribution in [2.45, 2.75) is 19.1 Å². The van der Waals surface area contributed by atoms with Gasteiger partial charge in [-0.15, -0.1) is 0 Å². The number of para-hydroxylation sites is 2. The van der Waals surface area contributed by atoms with E-state index in [4.69, 9.17) is 9.47 Å². The van der Waals surface area contributed by atoms with Gasteiger partial charge in [-0.1, -0.05) is 72.3 Å². The smallest absolute Gasteiger partial charge is 0.142 e. The molecule has 0 saturated carbocycles. The molecule has 174 valence electrons. The van der Waals surface area contributed by atoms with Crippen molar-refractivity contribution in [1.29, 1.82) is 0 Å². The molecule has 5 nitrogen and oxygen atoms in total. The van der Waals surface area contributed by atoms with E-state index in [1.165, 1.54) is 5.56 Å². The number of rotatable bonds is 9. The van der Waals surface area contributed by atoms with E-state index in [1.54, 1.807) is 7.11 Å². The molecule has 5 heteroatoms. The Balaban J connectivity index is 1.31. The summed E-state index contributed by atoms with van der Waals surface area (Å²) >= 11 is 0. The highest BCUT2D eigenvalue weighted by molar-refractivity contribution is 5.58. The molecule has 0 amide bonds. The maximum atomic E-state index is 10.8. The van der Waals surface area contributed by atoms with E-state index in [9.17, 15) is 5.11 Å². The minimum atomic E-state index is -0.542. The first-order valence-electron chi connectivity index (χ1n) is 11.7. The Morgan fingerprint density at radius 2 is 1.45 bits per heavy atom. The topological polar surface area (TPSA) is 45.2 Å². The van der Waals surface area contributed by atoms with Crippen molar-refractivity contribution < 1.29 is 14.6 Å². The fourth-order valence-electron chi connectivity index (χ4n) is 4.37. The molecule has 1 fully saturated rings. The number of nitrogens with zero attached hydrogens (tertiary/aromatic N) is 2. The number of ether oxygens (including phenoxy) is 2. The fourth-order valence-corrected chi connectivity index (χ4v) is 4.37. The van der Waals surface area contributed by atoms with Gasteiger partial charge >= 0.3 is 0 Å². The van der Waals surface area contributed by atoms with Gasteiger partial charge in [0.1, 0.15) is 11.9 Å². The van der Waals surface area contributed by atoms with Gasteiger partial charge in [-0.05, 0) is 30.2 Å². The number of aliphatic hydroxyl groups excluding tert-OH is 1. The van der Waals surface area contributed by atoms with Crippen LogP contribution in [0, 0.1) is 6.92 Å². The summed E-state index contributed by atoms with van der Waals surface area (Å²) in [5.74, 6) is 0.905. The minimum absolute atomic E-state index is 0.191. The van der Waals surface area contributed by atoms with Crippen molar-refractivity contribution in [2.24, 2.45) is 0 Å². The molecule has 1 aliphatic heterocycles. The summed E-state index contributed by atoms with van der Waals surface area (Å²) < 4.78 is 11.8. The molecule has 2 unspecified atom stereocenters. The van der Waals surface area contributed by atoms with Gasteiger partial charge < -0.3 is 19.5 Å². The minimum Gasteiger partial charge on any atom is -0.495 e. The third kappa shape index (κ3) is 6.14. The summed E-state index contributed by atoms with van der Waals surface area (Å²) in [6.45, 7) is 6.59. The molecule has 4 rings (SSSR count). The number of piperazine rings is 1. The first-order chi connectivity index (χ1) is 16.1. The van der Waals surface area contributed by atoms with Crippen LogP contribution in [-0.4, -0.2) is 62.6 Å². The van der Waals surface area contributed by atoms with Gasteiger partial charge in [-0.3, -0.25) is 4.90 Å². The van der Waals surface area contributed by atoms with Crippen LogP contribution >= 0.6 is 0 Å². The van der Waals surface area contributed by atoms with E-state index in [1.807, 2.05) is 36.4 Å². The van der Waals surface area contributed by atoms with Crippen LogP contribution in [0.2, 0.25) is 0 Å². The Labute approximate surface area is 197 Å². The van der Waals surface area contributed by atoms with Crippen LogP contribution in [-0.2, 0) is 4.74 Å². The molecule has 0 bridgehead atoms. The van der Waals surface area contributed by atoms with Gasteiger partial charge in [-0.2, -0.15) is 0 Å². The normalized spacial score (nSPS) is 16.4. The second-order valence-corrected chi connectivity index (χ2v) is 8.65. The highest BCUT2D eigenvalue weighted by atomic mass is 16.5. The number of aliphatic hydroxyl groups is 1. The summed E-state index contributed by atoms with van der Waals surface area (Å²) in [4.78, 5) is 4.66. The first-order valence-corrected chi connectivity index (χ1v) is 11.7. The lowest BCUT2D eigenvalue weighted by Crippen LogP contribution is -2.49. The van der Waals surface area contributed by atoms with E-state index >= 15 is 0 Å². The maximum absolute atomic E-state index is 10.8. The quantitative estimate of drug-likeness (QED) is 0.531. The maximum Gasteiger partial charge on any atom is 0.142 e. The molecule has 0 radical (unpaired) electrons. The molecule has 1 N–H and O–H groups in total. The number of hydrogen-bond donors (Lipinski definition) is 1. The van der Waals surface area contributed by atoms with E-state index in [-0.39, 0.29) is 6.10 Å². The average Bonchev–Trinajstić information content (AvgIpc) is 2.86. The molecule has 3 aromatic rings. The van der Waals surface area contributed by atoms with Crippen LogP contribution in [0.1, 0.15) is 22.8 Å². The molecular formula is C28H34N2O3. The molecule has 0 spiro atoms. The molecule has 0 aromatic heterocycles. The lowest BCUT2D eigenvalue weighted by atomic mass is 10.0. The van der Waals surface area contributed by atoms with E-state index < -0.39 is 6.10 Å². The Morgan fingerprint density at radius 3 is 2.15 bits per heavy atom. The number of aryl methyl sites for hydroxylation is 1. The van der Waals surface area contributed by atoms with Crippen molar-refractivity contribution >= 4 is 5.69 Å². The molecule has 1 aliphatic rings. The third-order valence-electron chi connectivity index (χ3n) is 6.20. The van der Waals surface area contributed by atoms with Crippen LogP contribution in [0.4, 0.5) is 5.69 Å². The van der Waals surface area contributed by atoms with Crippen molar-refractivity contribution in [3.8, 4) is 5.75 Å². The lowest BCUT2D eigenvalue weighted by Gasteiger charge is -2.37. The summed E-state index contributed by atoms with van der Waals surface area (Å²) in [5, 5.41) is 10.8. The molecular weight excluding hydrogens is 412 g/mol. The predicted octanol–water partition coefficient (Wildman–Crippen LogP) is 4.29. The van der Waals surface area contributed by atoms with E-state index in [0.717, 1.165) is 48.7 Å². The highest BCUT2D eigenvalue weighted by Gasteiger charge is 2.22. The number of β-amino-alcohol motifs (C(OH)–C–C–N with tert-alkyl or cyclic N) is 1. The zero-order valence-corrected chi connectivity index (χ0v) is 19.6. The van der Waals surface area contributed by atoms with E-state index in [0.29, 0.717) is 13.2 Å². The molecule has 1 heterocycles. The molecule has 3 aromatic carbocycles. The second-order valence-electron chi connectivity index (χ2n) is 8.65. The van der Waals surface area contributed by atoms with Gasteiger partial charge in [0.15, 0.2) is 0 Å². The fraction of sp³-hybridized carbons (Fsp3) is 0.357. The number of anilines is 1. The molecule has 0 aliphatic carbocycles. The molecule has 2 atom stereocenters. The number of hydrogen-bond acceptors (Lipinski definition) is 5. The van der Waals surface area contributed by atoms with Gasteiger partial charge in [0.2, 0.25) is 0 Å². The molecule has 1 saturated heterocycles. The highest BCUT2D eigenvalue weighted by Crippen LogP contribution is 2.29. The van der Waals surface area contributed by atoms with Crippen LogP contribution < -0.4 is 9.64 Å². The van der Waals surface area contributed by atoms with Crippen LogP contribution in [0.5, 0.6) is 5.75 Å². The number of benzene rings is 3. The zero-order chi connectivity index (χ0) is 23.0. The van der Waals surface area contributed by atoms with Crippen LogP contribution in [0.25, 0.3) is 0 Å². The van der Waals surface area contributed by atoms with Crippen molar-refractivity contribution in [3.63, 3.8) is 0 Å². The lowest BCUT2D eigenvalue weighted by molar-refractivity contribution is -0.00894. The summed E-state index contributed by atoms with van der Waals surface area (Å²) in [7, 11) is 1.71. The molecule has 33 heavy (non-hydrogen) atoms. The van der Waals surface area contributed by atoms with Gasteiger partial charge in [-0.25, -0.2) is 0 Å². The summed E-state index contributed by atoms with van der Waals surface area (Å²) in [6.07, 6.45) is -0.733. The second kappa shape index (κ2) is 11.3. The van der Waals surface area contributed by atoms with Gasteiger partial charge in [0, 0.05) is 32.7 Å². The Kier molecular flexibility index (Phi) is 8.00. The zero-order valence-electron chi connectivity index (χ0n) is 19.6. The van der Waals surface area contributed by atoms with Crippen LogP contribution in [0.15, 0.2) is 78.9 Å². The van der Waals surface area contributed by atoms with Crippen LogP contribution in [0.3, 0.4) is 0 Å². The summed E-state index contributed by atoms with van der Waals surface area (Å²) in [6, 6.07) is 26.8. The SMILES string of the molecule is COc1ccccc1N1CCN(CC(O)COC(c2ccccc2)c2ccc(C)cc2)CC1. The largest absolute Gasteiger partial charge is 0.495 e. The average molecular weight is 447 g/mol. The Morgan fingerprint density at radius 1 is 0.818 bits per heavy atom. The monoisotopic (exact) mass is 446 g/mol. The standard InChI is InChI=1S/C28H34N2O3/c1-22-12-14-24(15-13-22)28(23-8-4-3-5-9-23)33-21-25(31)20-29-16-18-30(19-17-29)26-10-6-7-11-27(26)32-2/h3-15,25,28,31H,16-21H2,1-2H3.